The summed E-state index contributed by atoms with van der Waals surface area (Å²) in [6, 6.07) is 11.9. The number of amides is 3. The second-order valence-corrected chi connectivity index (χ2v) is 5.50. The van der Waals surface area contributed by atoms with Crippen molar-refractivity contribution in [1.82, 2.24) is 5.32 Å². The van der Waals surface area contributed by atoms with Gasteiger partial charge in [-0.2, -0.15) is 0 Å². The van der Waals surface area contributed by atoms with E-state index in [0.29, 0.717) is 29.4 Å². The van der Waals surface area contributed by atoms with Gasteiger partial charge in [0.1, 0.15) is 11.5 Å². The Hall–Kier alpha value is -3.48. The Balaban J connectivity index is 2.05. The number of anilines is 2. The number of hydrogen-bond donors (Lipinski definition) is 3. The molecule has 2 rings (SSSR count). The first kappa shape index (κ1) is 19.8. The Bertz CT molecular complexity index is 834. The highest BCUT2D eigenvalue weighted by Crippen LogP contribution is 2.25. The van der Waals surface area contributed by atoms with Gasteiger partial charge < -0.3 is 25.4 Å². The minimum atomic E-state index is -0.310. The first-order valence-electron chi connectivity index (χ1n) is 8.41. The number of hydrogen-bond acceptors (Lipinski definition) is 4. The summed E-state index contributed by atoms with van der Waals surface area (Å²) < 4.78 is 10.5. The van der Waals surface area contributed by atoms with E-state index in [-0.39, 0.29) is 11.9 Å². The largest absolute Gasteiger partial charge is 0.497 e. The third-order valence-corrected chi connectivity index (χ3v) is 3.58. The lowest BCUT2D eigenvalue weighted by molar-refractivity contribution is -0.111. The van der Waals surface area contributed by atoms with Crippen molar-refractivity contribution < 1.29 is 19.1 Å². The quantitative estimate of drug-likeness (QED) is 0.652. The highest BCUT2D eigenvalue weighted by Gasteiger charge is 2.05. The van der Waals surface area contributed by atoms with Gasteiger partial charge in [0.2, 0.25) is 5.91 Å². The number of carbonyl (C=O) groups is 2. The minimum absolute atomic E-state index is 0.300. The molecule has 0 aliphatic rings. The molecule has 3 amide bonds. The second-order valence-electron chi connectivity index (χ2n) is 5.50. The van der Waals surface area contributed by atoms with E-state index in [2.05, 4.69) is 16.0 Å². The molecule has 0 aromatic heterocycles. The zero-order valence-corrected chi connectivity index (χ0v) is 15.5. The van der Waals surface area contributed by atoms with Gasteiger partial charge in [-0.3, -0.25) is 4.79 Å². The van der Waals surface area contributed by atoms with Crippen LogP contribution in [0.1, 0.15) is 12.5 Å². The van der Waals surface area contributed by atoms with E-state index < -0.39 is 0 Å². The summed E-state index contributed by atoms with van der Waals surface area (Å²) in [7, 11) is 3.14. The van der Waals surface area contributed by atoms with Gasteiger partial charge in [0.25, 0.3) is 0 Å². The average Bonchev–Trinajstić information content (AvgIpc) is 2.66. The SMILES string of the molecule is CCNC(=O)Nc1cccc(NC(=O)/C=C/c2cc(OC)ccc2OC)c1. The number of carbonyl (C=O) groups excluding carboxylic acids is 2. The smallest absolute Gasteiger partial charge is 0.319 e. The van der Waals surface area contributed by atoms with E-state index in [4.69, 9.17) is 9.47 Å². The summed E-state index contributed by atoms with van der Waals surface area (Å²) >= 11 is 0. The Morgan fingerprint density at radius 2 is 1.74 bits per heavy atom. The molecule has 7 heteroatoms. The molecule has 27 heavy (non-hydrogen) atoms. The van der Waals surface area contributed by atoms with E-state index in [1.807, 2.05) is 6.92 Å². The molecule has 0 aliphatic carbocycles. The fourth-order valence-corrected chi connectivity index (χ4v) is 2.33. The fourth-order valence-electron chi connectivity index (χ4n) is 2.33. The molecule has 0 bridgehead atoms. The standard InChI is InChI=1S/C20H23N3O4/c1-4-21-20(25)23-16-7-5-6-15(13-16)22-19(24)11-8-14-12-17(26-2)9-10-18(14)27-3/h5-13H,4H2,1-3H3,(H,22,24)(H2,21,23,25)/b11-8+. The first-order valence-corrected chi connectivity index (χ1v) is 8.41. The zero-order chi connectivity index (χ0) is 19.6. The van der Waals surface area contributed by atoms with Crippen molar-refractivity contribution >= 4 is 29.4 Å². The van der Waals surface area contributed by atoms with Crippen molar-refractivity contribution in [1.29, 1.82) is 0 Å². The Kier molecular flexibility index (Phi) is 7.25. The molecule has 0 heterocycles. The lowest BCUT2D eigenvalue weighted by Gasteiger charge is -2.09. The molecule has 0 atom stereocenters. The Morgan fingerprint density at radius 1 is 1.00 bits per heavy atom. The zero-order valence-electron chi connectivity index (χ0n) is 15.5. The number of rotatable bonds is 7. The molecule has 0 aliphatic heterocycles. The van der Waals surface area contributed by atoms with Crippen LogP contribution < -0.4 is 25.4 Å². The number of benzene rings is 2. The third-order valence-electron chi connectivity index (χ3n) is 3.58. The molecule has 0 saturated carbocycles. The average molecular weight is 369 g/mol. The lowest BCUT2D eigenvalue weighted by atomic mass is 10.1. The molecule has 7 nitrogen and oxygen atoms in total. The summed E-state index contributed by atoms with van der Waals surface area (Å²) in [6.07, 6.45) is 3.05. The van der Waals surface area contributed by atoms with Crippen molar-refractivity contribution in [3.05, 3.63) is 54.1 Å². The van der Waals surface area contributed by atoms with Gasteiger partial charge in [-0.05, 0) is 49.4 Å². The van der Waals surface area contributed by atoms with Crippen LogP contribution in [0.3, 0.4) is 0 Å². The van der Waals surface area contributed by atoms with Gasteiger partial charge >= 0.3 is 6.03 Å². The molecule has 3 N–H and O–H groups in total. The molecular formula is C20H23N3O4. The highest BCUT2D eigenvalue weighted by molar-refractivity contribution is 6.02. The monoisotopic (exact) mass is 369 g/mol. The lowest BCUT2D eigenvalue weighted by Crippen LogP contribution is -2.28. The molecule has 0 unspecified atom stereocenters. The van der Waals surface area contributed by atoms with Crippen LogP contribution in [0.5, 0.6) is 11.5 Å². The van der Waals surface area contributed by atoms with Gasteiger partial charge in [-0.1, -0.05) is 6.07 Å². The number of nitrogens with one attached hydrogen (secondary N) is 3. The van der Waals surface area contributed by atoms with Crippen LogP contribution >= 0.6 is 0 Å². The van der Waals surface area contributed by atoms with E-state index in [1.165, 1.54) is 6.08 Å². The Morgan fingerprint density at radius 3 is 2.41 bits per heavy atom. The van der Waals surface area contributed by atoms with E-state index in [0.717, 1.165) is 5.56 Å². The summed E-state index contributed by atoms with van der Waals surface area (Å²) in [5.74, 6) is 0.989. The third kappa shape index (κ3) is 6.07. The topological polar surface area (TPSA) is 88.7 Å². The van der Waals surface area contributed by atoms with Crippen molar-refractivity contribution in [2.24, 2.45) is 0 Å². The van der Waals surface area contributed by atoms with Crippen LogP contribution in [0.2, 0.25) is 0 Å². The molecule has 142 valence electrons. The molecule has 0 spiro atoms. The summed E-state index contributed by atoms with van der Waals surface area (Å²) in [4.78, 5) is 23.8. The molecule has 2 aromatic rings. The molecule has 0 fully saturated rings. The number of methoxy groups -OCH3 is 2. The molecule has 0 radical (unpaired) electrons. The highest BCUT2D eigenvalue weighted by atomic mass is 16.5. The van der Waals surface area contributed by atoms with Crippen LogP contribution in [-0.4, -0.2) is 32.7 Å². The maximum absolute atomic E-state index is 12.2. The van der Waals surface area contributed by atoms with Crippen molar-refractivity contribution in [3.63, 3.8) is 0 Å². The van der Waals surface area contributed by atoms with Gasteiger partial charge in [0, 0.05) is 29.6 Å². The van der Waals surface area contributed by atoms with Gasteiger partial charge in [-0.25, -0.2) is 4.79 Å². The maximum Gasteiger partial charge on any atom is 0.319 e. The maximum atomic E-state index is 12.2. The van der Waals surface area contributed by atoms with E-state index in [1.54, 1.807) is 62.8 Å². The van der Waals surface area contributed by atoms with Crippen molar-refractivity contribution in [3.8, 4) is 11.5 Å². The second kappa shape index (κ2) is 9.86. The predicted octanol–water partition coefficient (Wildman–Crippen LogP) is 3.50. The first-order chi connectivity index (χ1) is 13.0. The van der Waals surface area contributed by atoms with Crippen LogP contribution in [0.25, 0.3) is 6.08 Å². The summed E-state index contributed by atoms with van der Waals surface area (Å²) in [6.45, 7) is 2.36. The van der Waals surface area contributed by atoms with Crippen LogP contribution in [0.4, 0.5) is 16.2 Å². The van der Waals surface area contributed by atoms with Crippen molar-refractivity contribution in [2.45, 2.75) is 6.92 Å². The van der Waals surface area contributed by atoms with Gasteiger partial charge in [0.15, 0.2) is 0 Å². The Labute approximate surface area is 158 Å². The molecular weight excluding hydrogens is 346 g/mol. The summed E-state index contributed by atoms with van der Waals surface area (Å²) in [5.41, 5.74) is 1.87. The van der Waals surface area contributed by atoms with E-state index >= 15 is 0 Å². The number of ether oxygens (including phenoxy) is 2. The van der Waals surface area contributed by atoms with Crippen molar-refractivity contribution in [2.75, 3.05) is 31.4 Å². The van der Waals surface area contributed by atoms with Gasteiger partial charge in [-0.15, -0.1) is 0 Å². The molecule has 2 aromatic carbocycles. The fraction of sp³-hybridized carbons (Fsp3) is 0.200. The normalized spacial score (nSPS) is 10.3. The number of urea groups is 1. The van der Waals surface area contributed by atoms with Crippen LogP contribution in [-0.2, 0) is 4.79 Å². The van der Waals surface area contributed by atoms with Crippen LogP contribution in [0.15, 0.2) is 48.5 Å². The van der Waals surface area contributed by atoms with Gasteiger partial charge in [0.05, 0.1) is 14.2 Å². The minimum Gasteiger partial charge on any atom is -0.497 e. The van der Waals surface area contributed by atoms with Crippen LogP contribution in [0, 0.1) is 0 Å². The molecule has 0 saturated heterocycles. The predicted molar refractivity (Wildman–Crippen MR) is 106 cm³/mol. The summed E-state index contributed by atoms with van der Waals surface area (Å²) in [5, 5.41) is 8.09. The van der Waals surface area contributed by atoms with E-state index in [9.17, 15) is 9.59 Å².